The zero-order valence-electron chi connectivity index (χ0n) is 11.3. The maximum atomic E-state index is 11.7. The van der Waals surface area contributed by atoms with Gasteiger partial charge in [0.25, 0.3) is 0 Å². The van der Waals surface area contributed by atoms with E-state index in [1.807, 2.05) is 0 Å². The zero-order chi connectivity index (χ0) is 15.8. The maximum absolute atomic E-state index is 11.7. The van der Waals surface area contributed by atoms with Crippen molar-refractivity contribution in [1.29, 1.82) is 0 Å². The van der Waals surface area contributed by atoms with E-state index in [0.29, 0.717) is 15.6 Å². The Bertz CT molecular complexity index is 526. The van der Waals surface area contributed by atoms with Crippen molar-refractivity contribution in [2.45, 2.75) is 12.5 Å². The molecule has 0 saturated heterocycles. The third-order valence-electron chi connectivity index (χ3n) is 2.63. The van der Waals surface area contributed by atoms with Gasteiger partial charge in [0.2, 0.25) is 5.91 Å². The Morgan fingerprint density at radius 1 is 1.38 bits per heavy atom. The number of carbonyl (C=O) groups excluding carboxylic acids is 1. The third-order valence-corrected chi connectivity index (χ3v) is 3.29. The molecule has 1 amide bonds. The van der Waals surface area contributed by atoms with Crippen LogP contribution in [0.3, 0.4) is 0 Å². The van der Waals surface area contributed by atoms with Crippen LogP contribution in [0, 0.1) is 0 Å². The molecule has 1 atom stereocenters. The number of amides is 1. The van der Waals surface area contributed by atoms with Gasteiger partial charge in [0.05, 0.1) is 0 Å². The van der Waals surface area contributed by atoms with Gasteiger partial charge in [-0.15, -0.1) is 0 Å². The highest BCUT2D eigenvalue weighted by Gasteiger charge is 2.18. The predicted octanol–water partition coefficient (Wildman–Crippen LogP) is 2.61. The van der Waals surface area contributed by atoms with Crippen LogP contribution in [0.4, 0.5) is 0 Å². The zero-order valence-corrected chi connectivity index (χ0v) is 12.8. The molecular weight excluding hydrogens is 317 g/mol. The highest BCUT2D eigenvalue weighted by atomic mass is 35.5. The van der Waals surface area contributed by atoms with E-state index in [4.69, 9.17) is 33.0 Å². The molecule has 1 aromatic rings. The summed E-state index contributed by atoms with van der Waals surface area (Å²) in [5, 5.41) is 12.2. The van der Waals surface area contributed by atoms with E-state index in [0.717, 1.165) is 0 Å². The average molecular weight is 332 g/mol. The minimum atomic E-state index is -1.12. The number of hydrogen-bond acceptors (Lipinski definition) is 3. The predicted molar refractivity (Wildman–Crippen MR) is 81.6 cm³/mol. The highest BCUT2D eigenvalue weighted by molar-refractivity contribution is 6.37. The largest absolute Gasteiger partial charge is 0.480 e. The summed E-state index contributed by atoms with van der Waals surface area (Å²) in [6.45, 7) is 0.233. The fraction of sp³-hybridized carbons (Fsp3) is 0.286. The number of carboxylic acids is 1. The van der Waals surface area contributed by atoms with Crippen molar-refractivity contribution in [3.63, 3.8) is 0 Å². The standard InChI is InChI=1S/C14H15Cl2NO4/c1-21-8-7-12(14(19)20)17-13(18)6-5-9-10(15)3-2-4-11(9)16/h2-6,12H,7-8H2,1H3,(H,17,18)(H,19,20). The molecule has 0 radical (unpaired) electrons. The fourth-order valence-corrected chi connectivity index (χ4v) is 2.07. The van der Waals surface area contributed by atoms with Crippen LogP contribution in [0.5, 0.6) is 0 Å². The minimum absolute atomic E-state index is 0.179. The lowest BCUT2D eigenvalue weighted by Gasteiger charge is -2.12. The van der Waals surface area contributed by atoms with E-state index < -0.39 is 17.9 Å². The summed E-state index contributed by atoms with van der Waals surface area (Å²) in [5.74, 6) is -1.67. The van der Waals surface area contributed by atoms with Crippen LogP contribution in [-0.2, 0) is 14.3 Å². The van der Waals surface area contributed by atoms with E-state index in [1.54, 1.807) is 18.2 Å². The molecule has 1 aromatic carbocycles. The summed E-state index contributed by atoms with van der Waals surface area (Å²) >= 11 is 11.9. The molecule has 0 aliphatic rings. The summed E-state index contributed by atoms with van der Waals surface area (Å²) in [7, 11) is 1.46. The molecule has 2 N–H and O–H groups in total. The van der Waals surface area contributed by atoms with Crippen LogP contribution >= 0.6 is 23.2 Å². The first-order chi connectivity index (χ1) is 9.95. The molecule has 0 saturated carbocycles. The van der Waals surface area contributed by atoms with Gasteiger partial charge in [-0.05, 0) is 18.2 Å². The van der Waals surface area contributed by atoms with Crippen LogP contribution in [0.1, 0.15) is 12.0 Å². The lowest BCUT2D eigenvalue weighted by molar-refractivity contribution is -0.141. The van der Waals surface area contributed by atoms with Gasteiger partial charge in [-0.25, -0.2) is 4.79 Å². The van der Waals surface area contributed by atoms with Gasteiger partial charge in [0.1, 0.15) is 6.04 Å². The number of benzene rings is 1. The van der Waals surface area contributed by atoms with Gasteiger partial charge in [-0.2, -0.15) is 0 Å². The maximum Gasteiger partial charge on any atom is 0.326 e. The van der Waals surface area contributed by atoms with Crippen LogP contribution in [0.15, 0.2) is 24.3 Å². The number of carbonyl (C=O) groups is 2. The number of rotatable bonds is 7. The second-order valence-electron chi connectivity index (χ2n) is 4.15. The number of aliphatic carboxylic acids is 1. The van der Waals surface area contributed by atoms with Crippen LogP contribution in [0.2, 0.25) is 10.0 Å². The molecule has 0 fully saturated rings. The Labute approximate surface area is 132 Å². The number of carboxylic acid groups (broad SMARTS) is 1. The van der Waals surface area contributed by atoms with Gasteiger partial charge in [0, 0.05) is 41.8 Å². The molecule has 1 rings (SSSR count). The quantitative estimate of drug-likeness (QED) is 0.753. The van der Waals surface area contributed by atoms with E-state index in [9.17, 15) is 9.59 Å². The van der Waals surface area contributed by atoms with Crippen LogP contribution in [-0.4, -0.2) is 36.7 Å². The molecule has 114 valence electrons. The van der Waals surface area contributed by atoms with Crippen molar-refractivity contribution in [3.8, 4) is 0 Å². The normalized spacial score (nSPS) is 12.3. The Kier molecular flexibility index (Phi) is 7.22. The monoisotopic (exact) mass is 331 g/mol. The third kappa shape index (κ3) is 5.75. The van der Waals surface area contributed by atoms with E-state index in [1.165, 1.54) is 19.3 Å². The SMILES string of the molecule is COCCC(NC(=O)C=Cc1c(Cl)cccc1Cl)C(=O)O. The van der Waals surface area contributed by atoms with Gasteiger partial charge in [0.15, 0.2) is 0 Å². The Balaban J connectivity index is 2.71. The number of methoxy groups -OCH3 is 1. The number of nitrogens with one attached hydrogen (secondary N) is 1. The van der Waals surface area contributed by atoms with Gasteiger partial charge in [-0.1, -0.05) is 29.3 Å². The number of ether oxygens (including phenoxy) is 1. The number of hydrogen-bond donors (Lipinski definition) is 2. The molecule has 0 aliphatic heterocycles. The van der Waals surface area contributed by atoms with Crippen molar-refractivity contribution in [1.82, 2.24) is 5.32 Å². The van der Waals surface area contributed by atoms with Gasteiger partial charge >= 0.3 is 5.97 Å². The van der Waals surface area contributed by atoms with Crippen molar-refractivity contribution in [3.05, 3.63) is 39.9 Å². The summed E-state index contributed by atoms with van der Waals surface area (Å²) < 4.78 is 4.80. The minimum Gasteiger partial charge on any atom is -0.480 e. The molecule has 1 unspecified atom stereocenters. The molecule has 0 aromatic heterocycles. The molecule has 21 heavy (non-hydrogen) atoms. The van der Waals surface area contributed by atoms with Gasteiger partial charge < -0.3 is 15.2 Å². The fourth-order valence-electron chi connectivity index (χ4n) is 1.54. The second-order valence-corrected chi connectivity index (χ2v) is 4.96. The summed E-state index contributed by atoms with van der Waals surface area (Å²) in [5.41, 5.74) is 0.500. The molecule has 7 heteroatoms. The molecule has 0 bridgehead atoms. The second kappa shape index (κ2) is 8.67. The van der Waals surface area contributed by atoms with Crippen molar-refractivity contribution >= 4 is 41.2 Å². The summed E-state index contributed by atoms with van der Waals surface area (Å²) in [6, 6.07) is 3.96. The molecule has 0 aliphatic carbocycles. The lowest BCUT2D eigenvalue weighted by atomic mass is 10.2. The molecule has 5 nitrogen and oxygen atoms in total. The van der Waals surface area contributed by atoms with E-state index in [2.05, 4.69) is 5.32 Å². The summed E-state index contributed by atoms with van der Waals surface area (Å²) in [6.07, 6.45) is 2.81. The first-order valence-electron chi connectivity index (χ1n) is 6.10. The highest BCUT2D eigenvalue weighted by Crippen LogP contribution is 2.25. The first-order valence-corrected chi connectivity index (χ1v) is 6.85. The molecular formula is C14H15Cl2NO4. The van der Waals surface area contributed by atoms with Gasteiger partial charge in [-0.3, -0.25) is 4.79 Å². The lowest BCUT2D eigenvalue weighted by Crippen LogP contribution is -2.40. The summed E-state index contributed by atoms with van der Waals surface area (Å²) in [4.78, 5) is 22.7. The topological polar surface area (TPSA) is 75.6 Å². The van der Waals surface area contributed by atoms with Crippen molar-refractivity contribution < 1.29 is 19.4 Å². The first kappa shape index (κ1) is 17.5. The number of halogens is 2. The molecule has 0 heterocycles. The van der Waals surface area contributed by atoms with Crippen LogP contribution < -0.4 is 5.32 Å². The smallest absolute Gasteiger partial charge is 0.326 e. The average Bonchev–Trinajstić information content (AvgIpc) is 2.42. The van der Waals surface area contributed by atoms with Crippen molar-refractivity contribution in [2.75, 3.05) is 13.7 Å². The van der Waals surface area contributed by atoms with Crippen molar-refractivity contribution in [2.24, 2.45) is 0 Å². The van der Waals surface area contributed by atoms with E-state index in [-0.39, 0.29) is 13.0 Å². The Morgan fingerprint density at radius 3 is 2.52 bits per heavy atom. The Hall–Kier alpha value is -1.56. The van der Waals surface area contributed by atoms with Crippen LogP contribution in [0.25, 0.3) is 6.08 Å². The Morgan fingerprint density at radius 2 is 2.00 bits per heavy atom. The van der Waals surface area contributed by atoms with E-state index >= 15 is 0 Å². The molecule has 0 spiro atoms.